The Kier molecular flexibility index (Phi) is 2.60. The van der Waals surface area contributed by atoms with Gasteiger partial charge in [-0.1, -0.05) is 12.1 Å². The number of hydrogen-bond donors (Lipinski definition) is 2. The first-order valence-corrected chi connectivity index (χ1v) is 6.45. The van der Waals surface area contributed by atoms with E-state index in [0.717, 1.165) is 21.7 Å². The Hall–Kier alpha value is -2.14. The molecule has 2 aromatic heterocycles. The molecule has 2 heterocycles. The second-order valence-corrected chi connectivity index (χ2v) is 4.96. The van der Waals surface area contributed by atoms with Crippen molar-refractivity contribution in [2.24, 2.45) is 0 Å². The summed E-state index contributed by atoms with van der Waals surface area (Å²) < 4.78 is 0. The van der Waals surface area contributed by atoms with Crippen molar-refractivity contribution in [1.29, 1.82) is 0 Å². The number of nitrogen functional groups attached to an aromatic ring is 1. The van der Waals surface area contributed by atoms with Crippen LogP contribution in [0.4, 0.5) is 17.5 Å². The van der Waals surface area contributed by atoms with Gasteiger partial charge in [-0.05, 0) is 36.1 Å². The lowest BCUT2D eigenvalue weighted by atomic mass is 10.2. The highest BCUT2D eigenvalue weighted by Gasteiger charge is 2.07. The molecule has 4 nitrogen and oxygen atoms in total. The van der Waals surface area contributed by atoms with Crippen LogP contribution in [0.25, 0.3) is 10.2 Å². The van der Waals surface area contributed by atoms with E-state index in [-0.39, 0.29) is 0 Å². The van der Waals surface area contributed by atoms with Crippen molar-refractivity contribution in [2.75, 3.05) is 11.1 Å². The van der Waals surface area contributed by atoms with E-state index in [1.54, 1.807) is 11.3 Å². The average Bonchev–Trinajstić information content (AvgIpc) is 2.77. The Labute approximate surface area is 109 Å². The van der Waals surface area contributed by atoms with Gasteiger partial charge in [-0.3, -0.25) is 0 Å². The monoisotopic (exact) mass is 256 g/mol. The molecule has 0 aliphatic rings. The summed E-state index contributed by atoms with van der Waals surface area (Å²) in [4.78, 5) is 9.36. The van der Waals surface area contributed by atoms with E-state index in [4.69, 9.17) is 5.73 Å². The molecule has 1 aromatic carbocycles. The number of fused-ring (bicyclic) bond motifs is 1. The van der Waals surface area contributed by atoms with Gasteiger partial charge in [0.2, 0.25) is 5.95 Å². The van der Waals surface area contributed by atoms with Crippen LogP contribution in [0.1, 0.15) is 5.56 Å². The van der Waals surface area contributed by atoms with Gasteiger partial charge in [-0.2, -0.15) is 4.98 Å². The summed E-state index contributed by atoms with van der Waals surface area (Å²) in [6.45, 7) is 2.06. The van der Waals surface area contributed by atoms with Gasteiger partial charge >= 0.3 is 0 Å². The summed E-state index contributed by atoms with van der Waals surface area (Å²) in [6, 6.07) is 10.1. The van der Waals surface area contributed by atoms with Crippen LogP contribution in [0.3, 0.4) is 0 Å². The maximum Gasteiger partial charge on any atom is 0.223 e. The highest BCUT2D eigenvalue weighted by atomic mass is 32.1. The second-order valence-electron chi connectivity index (χ2n) is 4.06. The molecule has 0 unspecified atom stereocenters. The molecule has 0 aliphatic heterocycles. The summed E-state index contributed by atoms with van der Waals surface area (Å²) in [5, 5.41) is 6.27. The number of nitrogens with zero attached hydrogens (tertiary/aromatic N) is 2. The Morgan fingerprint density at radius 2 is 2.11 bits per heavy atom. The van der Waals surface area contributed by atoms with E-state index in [1.807, 2.05) is 23.6 Å². The number of aromatic nitrogens is 2. The van der Waals surface area contributed by atoms with Gasteiger partial charge in [0.15, 0.2) is 0 Å². The third-order valence-electron chi connectivity index (χ3n) is 2.62. The molecule has 0 amide bonds. The fraction of sp³-hybridized carbons (Fsp3) is 0.0769. The zero-order valence-corrected chi connectivity index (χ0v) is 10.7. The molecule has 3 N–H and O–H groups in total. The van der Waals surface area contributed by atoms with Crippen LogP contribution in [-0.2, 0) is 0 Å². The summed E-state index contributed by atoms with van der Waals surface area (Å²) in [7, 11) is 0. The van der Waals surface area contributed by atoms with E-state index >= 15 is 0 Å². The fourth-order valence-corrected chi connectivity index (χ4v) is 2.60. The van der Waals surface area contributed by atoms with Crippen molar-refractivity contribution in [1.82, 2.24) is 9.97 Å². The lowest BCUT2D eigenvalue weighted by Gasteiger charge is -2.07. The van der Waals surface area contributed by atoms with Crippen LogP contribution in [0.5, 0.6) is 0 Å². The van der Waals surface area contributed by atoms with E-state index in [0.29, 0.717) is 5.95 Å². The smallest absolute Gasteiger partial charge is 0.223 e. The minimum atomic E-state index is 0.292. The molecule has 5 heteroatoms. The van der Waals surface area contributed by atoms with Crippen LogP contribution < -0.4 is 11.1 Å². The van der Waals surface area contributed by atoms with Crippen molar-refractivity contribution in [3.63, 3.8) is 0 Å². The van der Waals surface area contributed by atoms with Crippen LogP contribution in [0.2, 0.25) is 0 Å². The van der Waals surface area contributed by atoms with Crippen LogP contribution in [-0.4, -0.2) is 9.97 Å². The second kappa shape index (κ2) is 4.27. The summed E-state index contributed by atoms with van der Waals surface area (Å²) >= 11 is 1.56. The lowest BCUT2D eigenvalue weighted by molar-refractivity contribution is 1.24. The number of rotatable bonds is 2. The number of thiophene rings is 1. The first kappa shape index (κ1) is 11.0. The largest absolute Gasteiger partial charge is 0.368 e. The van der Waals surface area contributed by atoms with E-state index < -0.39 is 0 Å². The quantitative estimate of drug-likeness (QED) is 0.738. The molecule has 0 spiro atoms. The topological polar surface area (TPSA) is 63.8 Å². The number of nitrogens with one attached hydrogen (secondary N) is 1. The van der Waals surface area contributed by atoms with Gasteiger partial charge < -0.3 is 11.1 Å². The third kappa shape index (κ3) is 2.00. The SMILES string of the molecule is Cc1cccc(Nc2nc(N)nc3sccc23)c1. The molecular weight excluding hydrogens is 244 g/mol. The molecule has 18 heavy (non-hydrogen) atoms. The van der Waals surface area contributed by atoms with Crippen molar-refractivity contribution >= 4 is 39.0 Å². The molecule has 0 atom stereocenters. The Morgan fingerprint density at radius 3 is 2.94 bits per heavy atom. The van der Waals surface area contributed by atoms with Gasteiger partial charge in [-0.25, -0.2) is 4.98 Å². The molecule has 0 radical (unpaired) electrons. The molecule has 0 saturated heterocycles. The summed E-state index contributed by atoms with van der Waals surface area (Å²) in [5.74, 6) is 1.05. The zero-order valence-electron chi connectivity index (χ0n) is 9.84. The van der Waals surface area contributed by atoms with Crippen LogP contribution >= 0.6 is 11.3 Å². The first-order valence-electron chi connectivity index (χ1n) is 5.57. The molecule has 0 aliphatic carbocycles. The van der Waals surface area contributed by atoms with Crippen molar-refractivity contribution < 1.29 is 0 Å². The van der Waals surface area contributed by atoms with Gasteiger partial charge in [-0.15, -0.1) is 11.3 Å². The number of nitrogens with two attached hydrogens (primary N) is 1. The number of aryl methyl sites for hydroxylation is 1. The Balaban J connectivity index is 2.06. The van der Waals surface area contributed by atoms with Gasteiger partial charge in [0.25, 0.3) is 0 Å². The fourth-order valence-electron chi connectivity index (χ4n) is 1.83. The zero-order chi connectivity index (χ0) is 12.5. The number of anilines is 3. The number of hydrogen-bond acceptors (Lipinski definition) is 5. The molecule has 0 bridgehead atoms. The summed E-state index contributed by atoms with van der Waals surface area (Å²) in [5.41, 5.74) is 7.91. The van der Waals surface area contributed by atoms with Crippen LogP contribution in [0, 0.1) is 6.92 Å². The standard InChI is InChI=1S/C13H12N4S/c1-8-3-2-4-9(7-8)15-11-10-5-6-18-12(10)17-13(14)16-11/h2-7H,1H3,(H3,14,15,16,17). The third-order valence-corrected chi connectivity index (χ3v) is 3.43. The Morgan fingerprint density at radius 1 is 1.22 bits per heavy atom. The van der Waals surface area contributed by atoms with Gasteiger partial charge in [0, 0.05) is 5.69 Å². The summed E-state index contributed by atoms with van der Waals surface area (Å²) in [6.07, 6.45) is 0. The van der Waals surface area contributed by atoms with Gasteiger partial charge in [0.1, 0.15) is 10.6 Å². The number of benzene rings is 1. The normalized spacial score (nSPS) is 10.7. The molecule has 3 aromatic rings. The molecule has 3 rings (SSSR count). The molecule has 0 fully saturated rings. The molecule has 90 valence electrons. The van der Waals surface area contributed by atoms with Crippen molar-refractivity contribution in [2.45, 2.75) is 6.92 Å². The minimum Gasteiger partial charge on any atom is -0.368 e. The predicted octanol–water partition coefficient (Wildman–Crippen LogP) is 3.33. The maximum atomic E-state index is 5.71. The van der Waals surface area contributed by atoms with E-state index in [9.17, 15) is 0 Å². The highest BCUT2D eigenvalue weighted by molar-refractivity contribution is 7.16. The lowest BCUT2D eigenvalue weighted by Crippen LogP contribution is -2.00. The Bertz CT molecular complexity index is 705. The minimum absolute atomic E-state index is 0.292. The van der Waals surface area contributed by atoms with Crippen LogP contribution in [0.15, 0.2) is 35.7 Å². The first-order chi connectivity index (χ1) is 8.72. The van der Waals surface area contributed by atoms with E-state index in [2.05, 4.69) is 34.3 Å². The average molecular weight is 256 g/mol. The predicted molar refractivity (Wildman–Crippen MR) is 76.3 cm³/mol. The van der Waals surface area contributed by atoms with Gasteiger partial charge in [0.05, 0.1) is 5.39 Å². The molecule has 0 saturated carbocycles. The molecular formula is C13H12N4S. The van der Waals surface area contributed by atoms with Crippen molar-refractivity contribution in [3.8, 4) is 0 Å². The van der Waals surface area contributed by atoms with E-state index in [1.165, 1.54) is 5.56 Å². The maximum absolute atomic E-state index is 5.71. The van der Waals surface area contributed by atoms with Crippen molar-refractivity contribution in [3.05, 3.63) is 41.3 Å². The highest BCUT2D eigenvalue weighted by Crippen LogP contribution is 2.28.